The molecule has 0 aromatic heterocycles. The molecule has 3 heteroatoms. The van der Waals surface area contributed by atoms with Gasteiger partial charge < -0.3 is 5.73 Å². The number of nitrogens with zero attached hydrogens (tertiary/aromatic N) is 1. The van der Waals surface area contributed by atoms with E-state index < -0.39 is 0 Å². The molecule has 2 nitrogen and oxygen atoms in total. The first-order valence-electron chi connectivity index (χ1n) is 5.45. The average Bonchev–Trinajstić information content (AvgIpc) is 2.46. The van der Waals surface area contributed by atoms with Gasteiger partial charge in [-0.3, -0.25) is 0 Å². The largest absolute Gasteiger partial charge is 0.387 e. The van der Waals surface area contributed by atoms with Crippen molar-refractivity contribution in [3.05, 3.63) is 52.1 Å². The second kappa shape index (κ2) is 4.00. The van der Waals surface area contributed by atoms with Gasteiger partial charge >= 0.3 is 0 Å². The molecule has 0 amide bonds. The zero-order valence-electron chi connectivity index (χ0n) is 9.15. The van der Waals surface area contributed by atoms with Gasteiger partial charge in [0, 0.05) is 6.42 Å². The molecule has 0 atom stereocenters. The molecule has 1 aliphatic rings. The first kappa shape index (κ1) is 10.5. The number of rotatable bonds is 0. The molecule has 0 bridgehead atoms. The number of halogens is 1. The fourth-order valence-electron chi connectivity index (χ4n) is 2.19. The van der Waals surface area contributed by atoms with Crippen molar-refractivity contribution in [2.75, 3.05) is 0 Å². The number of benzene rings is 2. The quantitative estimate of drug-likeness (QED) is 0.740. The number of fused-ring (bicyclic) bond motifs is 3. The molecule has 0 fully saturated rings. The van der Waals surface area contributed by atoms with Crippen molar-refractivity contribution in [2.24, 2.45) is 10.7 Å². The molecule has 84 valence electrons. The number of hydrogen-bond donors (Lipinski definition) is 1. The third-order valence-electron chi connectivity index (χ3n) is 2.95. The smallest absolute Gasteiger partial charge is 0.108 e. The molecule has 2 N–H and O–H groups in total. The predicted molar refractivity (Wildman–Crippen MR) is 76.2 cm³/mol. The van der Waals surface area contributed by atoms with Gasteiger partial charge in [-0.15, -0.1) is 0 Å². The van der Waals surface area contributed by atoms with Crippen LogP contribution in [0.15, 0.2) is 46.0 Å². The summed E-state index contributed by atoms with van der Waals surface area (Å²) in [5, 5.41) is 2.48. The second-order valence-corrected chi connectivity index (χ2v) is 4.92. The highest BCUT2D eigenvalue weighted by Gasteiger charge is 2.11. The van der Waals surface area contributed by atoms with Crippen LogP contribution in [0.5, 0.6) is 0 Å². The van der Waals surface area contributed by atoms with Gasteiger partial charge in [-0.05, 0) is 43.9 Å². The number of amidine groups is 1. The van der Waals surface area contributed by atoms with Gasteiger partial charge in [0.2, 0.25) is 0 Å². The van der Waals surface area contributed by atoms with E-state index in [4.69, 9.17) is 5.73 Å². The summed E-state index contributed by atoms with van der Waals surface area (Å²) in [4.78, 5) is 4.27. The van der Waals surface area contributed by atoms with Gasteiger partial charge in [0.15, 0.2) is 0 Å². The van der Waals surface area contributed by atoms with E-state index in [9.17, 15) is 0 Å². The van der Waals surface area contributed by atoms with E-state index in [1.54, 1.807) is 0 Å². The fraction of sp³-hybridized carbons (Fsp3) is 0.0714. The van der Waals surface area contributed by atoms with Crippen LogP contribution >= 0.6 is 15.9 Å². The predicted octanol–water partition coefficient (Wildman–Crippen LogP) is 3.45. The van der Waals surface area contributed by atoms with E-state index in [2.05, 4.69) is 57.3 Å². The van der Waals surface area contributed by atoms with E-state index in [1.807, 2.05) is 6.08 Å². The summed E-state index contributed by atoms with van der Waals surface area (Å²) in [5.41, 5.74) is 8.29. The molecule has 0 unspecified atom stereocenters. The molecule has 2 aromatic carbocycles. The monoisotopic (exact) mass is 286 g/mol. The Morgan fingerprint density at radius 2 is 1.94 bits per heavy atom. The fourth-order valence-corrected chi connectivity index (χ4v) is 2.65. The lowest BCUT2D eigenvalue weighted by molar-refractivity contribution is 1.29. The minimum absolute atomic E-state index is 0.641. The molecule has 1 aliphatic heterocycles. The maximum absolute atomic E-state index is 5.86. The molecule has 1 heterocycles. The Bertz CT molecular complexity index is 656. The van der Waals surface area contributed by atoms with Crippen LogP contribution in [0.4, 0.5) is 0 Å². The Balaban J connectivity index is 2.35. The third kappa shape index (κ3) is 1.87. The summed E-state index contributed by atoms with van der Waals surface area (Å²) in [5.74, 6) is 0.641. The Morgan fingerprint density at radius 3 is 2.82 bits per heavy atom. The lowest BCUT2D eigenvalue weighted by Gasteiger charge is -2.07. The molecule has 0 saturated heterocycles. The van der Waals surface area contributed by atoms with Crippen LogP contribution in [-0.2, 0) is 6.42 Å². The zero-order valence-corrected chi connectivity index (χ0v) is 10.7. The summed E-state index contributed by atoms with van der Waals surface area (Å²) in [6.45, 7) is 0. The highest BCUT2D eigenvalue weighted by Crippen LogP contribution is 2.28. The molecular weight excluding hydrogens is 276 g/mol. The Kier molecular flexibility index (Phi) is 2.48. The molecule has 0 saturated carbocycles. The van der Waals surface area contributed by atoms with Crippen LogP contribution in [0.1, 0.15) is 11.1 Å². The van der Waals surface area contributed by atoms with Crippen LogP contribution in [0.25, 0.3) is 16.8 Å². The van der Waals surface area contributed by atoms with Crippen molar-refractivity contribution in [1.29, 1.82) is 0 Å². The van der Waals surface area contributed by atoms with E-state index in [0.29, 0.717) is 12.3 Å². The number of nitrogens with two attached hydrogens (primary N) is 1. The summed E-state index contributed by atoms with van der Waals surface area (Å²) < 4.78 is 0.783. The minimum Gasteiger partial charge on any atom is -0.387 e. The SMILES string of the molecule is NC1=NC(Br)=Cc2c(ccc3ccccc23)C1. The maximum Gasteiger partial charge on any atom is 0.108 e. The van der Waals surface area contributed by atoms with Crippen LogP contribution in [0.2, 0.25) is 0 Å². The molecule has 0 aliphatic carbocycles. The zero-order chi connectivity index (χ0) is 11.8. The minimum atomic E-state index is 0.641. The third-order valence-corrected chi connectivity index (χ3v) is 3.35. The van der Waals surface area contributed by atoms with Crippen molar-refractivity contribution in [2.45, 2.75) is 6.42 Å². The van der Waals surface area contributed by atoms with Gasteiger partial charge in [-0.25, -0.2) is 4.99 Å². The summed E-state index contributed by atoms with van der Waals surface area (Å²) >= 11 is 3.43. The van der Waals surface area contributed by atoms with Gasteiger partial charge in [0.1, 0.15) is 10.4 Å². The van der Waals surface area contributed by atoms with Crippen molar-refractivity contribution in [3.63, 3.8) is 0 Å². The lowest BCUT2D eigenvalue weighted by atomic mass is 9.97. The van der Waals surface area contributed by atoms with Crippen LogP contribution in [-0.4, -0.2) is 5.84 Å². The maximum atomic E-state index is 5.86. The summed E-state index contributed by atoms with van der Waals surface area (Å²) in [6.07, 6.45) is 2.74. The first-order chi connectivity index (χ1) is 8.24. The number of aliphatic imine (C=N–C) groups is 1. The van der Waals surface area contributed by atoms with Crippen molar-refractivity contribution in [3.8, 4) is 0 Å². The molecule has 0 spiro atoms. The van der Waals surface area contributed by atoms with Gasteiger partial charge in [0.25, 0.3) is 0 Å². The molecule has 17 heavy (non-hydrogen) atoms. The van der Waals surface area contributed by atoms with Crippen molar-refractivity contribution in [1.82, 2.24) is 0 Å². The van der Waals surface area contributed by atoms with Crippen LogP contribution < -0.4 is 5.73 Å². The molecule has 3 rings (SSSR count). The Morgan fingerprint density at radius 1 is 1.12 bits per heavy atom. The summed E-state index contributed by atoms with van der Waals surface area (Å²) in [7, 11) is 0. The highest BCUT2D eigenvalue weighted by atomic mass is 79.9. The highest BCUT2D eigenvalue weighted by molar-refractivity contribution is 9.11. The standard InChI is InChI=1S/C14H11BrN2/c15-13-8-12-10(7-14(16)17-13)6-5-9-3-1-2-4-11(9)12/h1-6,8H,7H2,(H2,16,17). The van der Waals surface area contributed by atoms with E-state index in [1.165, 1.54) is 21.9 Å². The van der Waals surface area contributed by atoms with E-state index in [0.717, 1.165) is 4.61 Å². The average molecular weight is 287 g/mol. The Hall–Kier alpha value is -1.61. The second-order valence-electron chi connectivity index (χ2n) is 4.11. The van der Waals surface area contributed by atoms with Gasteiger partial charge in [0.05, 0.1) is 0 Å². The number of hydrogen-bond acceptors (Lipinski definition) is 2. The van der Waals surface area contributed by atoms with Gasteiger partial charge in [-0.2, -0.15) is 0 Å². The summed E-state index contributed by atoms with van der Waals surface area (Å²) in [6, 6.07) is 12.6. The van der Waals surface area contributed by atoms with E-state index >= 15 is 0 Å². The normalized spacial score (nSPS) is 14.9. The lowest BCUT2D eigenvalue weighted by Crippen LogP contribution is -2.14. The topological polar surface area (TPSA) is 38.4 Å². The van der Waals surface area contributed by atoms with Crippen molar-refractivity contribution >= 4 is 38.6 Å². The molecular formula is C14H11BrN2. The first-order valence-corrected chi connectivity index (χ1v) is 6.24. The van der Waals surface area contributed by atoms with Crippen LogP contribution in [0.3, 0.4) is 0 Å². The van der Waals surface area contributed by atoms with Crippen molar-refractivity contribution < 1.29 is 0 Å². The molecule has 2 aromatic rings. The Labute approximate surface area is 108 Å². The molecule has 0 radical (unpaired) electrons. The van der Waals surface area contributed by atoms with E-state index in [-0.39, 0.29) is 0 Å². The van der Waals surface area contributed by atoms with Gasteiger partial charge in [-0.1, -0.05) is 36.4 Å². The van der Waals surface area contributed by atoms with Crippen LogP contribution in [0, 0.1) is 0 Å².